The van der Waals surface area contributed by atoms with Crippen LogP contribution in [0, 0.1) is 6.92 Å². The molecular formula is C22H31N5O. The summed E-state index contributed by atoms with van der Waals surface area (Å²) in [6, 6.07) is 12.4. The van der Waals surface area contributed by atoms with E-state index >= 15 is 0 Å². The van der Waals surface area contributed by atoms with Gasteiger partial charge in [0.15, 0.2) is 0 Å². The van der Waals surface area contributed by atoms with Gasteiger partial charge in [0, 0.05) is 50.5 Å². The lowest BCUT2D eigenvalue weighted by molar-refractivity contribution is 0.167. The number of hydrogen-bond acceptors (Lipinski definition) is 6. The average Bonchev–Trinajstić information content (AvgIpc) is 3.28. The minimum atomic E-state index is -0.452. The van der Waals surface area contributed by atoms with Gasteiger partial charge >= 0.3 is 0 Å². The van der Waals surface area contributed by atoms with E-state index in [1.807, 2.05) is 30.3 Å². The highest BCUT2D eigenvalue weighted by molar-refractivity contribution is 5.46. The Morgan fingerprint density at radius 1 is 1.04 bits per heavy atom. The lowest BCUT2D eigenvalue weighted by Crippen LogP contribution is -2.44. The van der Waals surface area contributed by atoms with Crippen molar-refractivity contribution < 1.29 is 5.11 Å². The number of aliphatic hydroxyl groups excluding tert-OH is 1. The first kappa shape index (κ1) is 19.2. The number of piperidine rings is 1. The van der Waals surface area contributed by atoms with Crippen LogP contribution in [0.5, 0.6) is 0 Å². The predicted octanol–water partition coefficient (Wildman–Crippen LogP) is 2.68. The fourth-order valence-corrected chi connectivity index (χ4v) is 4.14. The van der Waals surface area contributed by atoms with E-state index in [9.17, 15) is 5.11 Å². The van der Waals surface area contributed by atoms with Crippen LogP contribution in [0.1, 0.15) is 43.0 Å². The van der Waals surface area contributed by atoms with E-state index in [4.69, 9.17) is 4.98 Å². The van der Waals surface area contributed by atoms with Crippen molar-refractivity contribution in [3.8, 4) is 0 Å². The molecule has 6 nitrogen and oxygen atoms in total. The molecule has 2 aliphatic rings. The van der Waals surface area contributed by atoms with Crippen molar-refractivity contribution >= 4 is 11.8 Å². The summed E-state index contributed by atoms with van der Waals surface area (Å²) in [6.45, 7) is 6.76. The van der Waals surface area contributed by atoms with Crippen LogP contribution in [0.15, 0.2) is 36.4 Å². The van der Waals surface area contributed by atoms with Gasteiger partial charge in [0.25, 0.3) is 0 Å². The Kier molecular flexibility index (Phi) is 6.07. The Balaban J connectivity index is 1.30. The normalized spacial score (nSPS) is 19.2. The Bertz CT molecular complexity index is 755. The van der Waals surface area contributed by atoms with Crippen molar-refractivity contribution in [2.45, 2.75) is 44.8 Å². The molecule has 2 aromatic rings. The summed E-state index contributed by atoms with van der Waals surface area (Å²) in [6.07, 6.45) is 4.14. The highest BCUT2D eigenvalue weighted by Crippen LogP contribution is 2.23. The maximum Gasteiger partial charge on any atom is 0.227 e. The zero-order chi connectivity index (χ0) is 19.3. The minimum Gasteiger partial charge on any atom is -0.387 e. The number of benzene rings is 1. The van der Waals surface area contributed by atoms with Crippen molar-refractivity contribution in [2.24, 2.45) is 0 Å². The van der Waals surface area contributed by atoms with Gasteiger partial charge in [-0.2, -0.15) is 4.98 Å². The summed E-state index contributed by atoms with van der Waals surface area (Å²) in [5.41, 5.74) is 2.01. The topological polar surface area (TPSA) is 64.5 Å². The highest BCUT2D eigenvalue weighted by atomic mass is 16.3. The van der Waals surface area contributed by atoms with Crippen molar-refractivity contribution in [3.05, 3.63) is 47.7 Å². The molecule has 0 spiro atoms. The van der Waals surface area contributed by atoms with Crippen molar-refractivity contribution in [1.29, 1.82) is 0 Å². The van der Waals surface area contributed by atoms with Crippen LogP contribution >= 0.6 is 0 Å². The van der Waals surface area contributed by atoms with Gasteiger partial charge < -0.3 is 20.2 Å². The van der Waals surface area contributed by atoms with Gasteiger partial charge in [0.2, 0.25) is 5.95 Å². The van der Waals surface area contributed by atoms with Crippen LogP contribution in [0.2, 0.25) is 0 Å². The van der Waals surface area contributed by atoms with Crippen LogP contribution in [0.3, 0.4) is 0 Å². The second-order valence-corrected chi connectivity index (χ2v) is 7.96. The van der Waals surface area contributed by atoms with E-state index in [0.29, 0.717) is 12.6 Å². The number of rotatable bonds is 6. The van der Waals surface area contributed by atoms with Gasteiger partial charge in [-0.25, -0.2) is 4.98 Å². The third kappa shape index (κ3) is 4.62. The number of nitrogens with one attached hydrogen (secondary N) is 1. The first-order valence-corrected chi connectivity index (χ1v) is 10.5. The van der Waals surface area contributed by atoms with Gasteiger partial charge in [-0.15, -0.1) is 0 Å². The molecule has 0 amide bonds. The molecule has 0 unspecified atom stereocenters. The minimum absolute atomic E-state index is 0.440. The lowest BCUT2D eigenvalue weighted by atomic mass is 10.0. The quantitative estimate of drug-likeness (QED) is 0.802. The molecule has 3 heterocycles. The molecule has 2 aliphatic heterocycles. The molecule has 0 aliphatic carbocycles. The Labute approximate surface area is 167 Å². The van der Waals surface area contributed by atoms with Gasteiger partial charge in [0.1, 0.15) is 5.82 Å². The largest absolute Gasteiger partial charge is 0.387 e. The monoisotopic (exact) mass is 381 g/mol. The number of anilines is 2. The zero-order valence-corrected chi connectivity index (χ0v) is 16.7. The number of aliphatic hydroxyl groups is 1. The maximum atomic E-state index is 10.4. The number of nitrogens with zero attached hydrogens (tertiary/aromatic N) is 4. The molecular weight excluding hydrogens is 350 g/mol. The van der Waals surface area contributed by atoms with Gasteiger partial charge in [-0.3, -0.25) is 0 Å². The predicted molar refractivity (Wildman–Crippen MR) is 113 cm³/mol. The molecule has 0 bridgehead atoms. The van der Waals surface area contributed by atoms with Crippen molar-refractivity contribution in [2.75, 3.05) is 42.5 Å². The standard InChI is InChI=1S/C22H31N5O/c1-17-15-21(25-22(24-17)27-11-5-6-12-27)26-13-9-19(10-14-26)23-16-20(28)18-7-3-2-4-8-18/h2-4,7-8,15,19-20,23,28H,5-6,9-14,16H2,1H3/t20-/m1/s1. The fraction of sp³-hybridized carbons (Fsp3) is 0.545. The molecule has 0 saturated carbocycles. The van der Waals surface area contributed by atoms with E-state index in [2.05, 4.69) is 33.1 Å². The van der Waals surface area contributed by atoms with Crippen molar-refractivity contribution in [3.63, 3.8) is 0 Å². The third-order valence-electron chi connectivity index (χ3n) is 5.82. The van der Waals surface area contributed by atoms with Crippen LogP contribution in [0.25, 0.3) is 0 Å². The summed E-state index contributed by atoms with van der Waals surface area (Å²) < 4.78 is 0. The average molecular weight is 382 g/mol. The molecule has 6 heteroatoms. The van der Waals surface area contributed by atoms with Gasteiger partial charge in [-0.1, -0.05) is 30.3 Å². The van der Waals surface area contributed by atoms with E-state index in [0.717, 1.165) is 62.0 Å². The van der Waals surface area contributed by atoms with Gasteiger partial charge in [0.05, 0.1) is 6.10 Å². The smallest absolute Gasteiger partial charge is 0.227 e. The van der Waals surface area contributed by atoms with Gasteiger partial charge in [-0.05, 0) is 38.2 Å². The first-order chi connectivity index (χ1) is 13.7. The third-order valence-corrected chi connectivity index (χ3v) is 5.82. The second-order valence-electron chi connectivity index (χ2n) is 7.96. The first-order valence-electron chi connectivity index (χ1n) is 10.5. The Hall–Kier alpha value is -2.18. The molecule has 2 fully saturated rings. The van der Waals surface area contributed by atoms with Crippen LogP contribution < -0.4 is 15.1 Å². The number of aryl methyl sites for hydroxylation is 1. The number of aromatic nitrogens is 2. The fourth-order valence-electron chi connectivity index (χ4n) is 4.14. The van der Waals surface area contributed by atoms with E-state index in [1.165, 1.54) is 12.8 Å². The van der Waals surface area contributed by atoms with E-state index in [1.54, 1.807) is 0 Å². The van der Waals surface area contributed by atoms with E-state index in [-0.39, 0.29) is 0 Å². The van der Waals surface area contributed by atoms with Crippen molar-refractivity contribution in [1.82, 2.24) is 15.3 Å². The maximum absolute atomic E-state index is 10.4. The number of hydrogen-bond donors (Lipinski definition) is 2. The summed E-state index contributed by atoms with van der Waals surface area (Å²) in [4.78, 5) is 14.2. The Morgan fingerprint density at radius 3 is 2.46 bits per heavy atom. The van der Waals surface area contributed by atoms with E-state index < -0.39 is 6.10 Å². The summed E-state index contributed by atoms with van der Waals surface area (Å²) in [5, 5.41) is 13.9. The molecule has 28 heavy (non-hydrogen) atoms. The molecule has 2 N–H and O–H groups in total. The summed E-state index contributed by atoms with van der Waals surface area (Å²) in [5.74, 6) is 1.94. The molecule has 1 aromatic carbocycles. The van der Waals surface area contributed by atoms with Crippen LogP contribution in [-0.4, -0.2) is 53.8 Å². The van der Waals surface area contributed by atoms with Crippen LogP contribution in [0.4, 0.5) is 11.8 Å². The Morgan fingerprint density at radius 2 is 1.75 bits per heavy atom. The lowest BCUT2D eigenvalue weighted by Gasteiger charge is -2.34. The van der Waals surface area contributed by atoms with Crippen LogP contribution in [-0.2, 0) is 0 Å². The molecule has 1 atom stereocenters. The zero-order valence-electron chi connectivity index (χ0n) is 16.7. The second kappa shape index (κ2) is 8.88. The SMILES string of the molecule is Cc1cc(N2CCC(NC[C@@H](O)c3ccccc3)CC2)nc(N2CCCC2)n1. The summed E-state index contributed by atoms with van der Waals surface area (Å²) >= 11 is 0. The molecule has 0 radical (unpaired) electrons. The molecule has 150 valence electrons. The molecule has 2 saturated heterocycles. The summed E-state index contributed by atoms with van der Waals surface area (Å²) in [7, 11) is 0. The molecule has 1 aromatic heterocycles. The molecule has 4 rings (SSSR count). The highest BCUT2D eigenvalue weighted by Gasteiger charge is 2.23.